The number of hydrogen-bond donors (Lipinski definition) is 1. The maximum atomic E-state index is 6.05. The molecule has 0 radical (unpaired) electrons. The summed E-state index contributed by atoms with van der Waals surface area (Å²) in [4.78, 5) is 12.8. The number of anilines is 1. The maximum absolute atomic E-state index is 6.05. The van der Waals surface area contributed by atoms with Crippen LogP contribution in [-0.2, 0) is 10.3 Å². The highest BCUT2D eigenvalue weighted by Gasteiger charge is 2.42. The molecule has 2 N–H and O–H groups in total. The summed E-state index contributed by atoms with van der Waals surface area (Å²) in [6.07, 6.45) is 4.10. The molecule has 0 amide bonds. The predicted molar refractivity (Wildman–Crippen MR) is 74.5 cm³/mol. The summed E-state index contributed by atoms with van der Waals surface area (Å²) < 4.78 is 6.05. The van der Waals surface area contributed by atoms with Gasteiger partial charge in [-0.15, -0.1) is 0 Å². The maximum Gasteiger partial charge on any atom is 0.223 e. The van der Waals surface area contributed by atoms with E-state index in [9.17, 15) is 0 Å². The van der Waals surface area contributed by atoms with E-state index in [2.05, 4.69) is 28.8 Å². The molecule has 1 aromatic heterocycles. The van der Waals surface area contributed by atoms with E-state index in [0.29, 0.717) is 23.7 Å². The number of ether oxygens (including phenoxy) is 1. The van der Waals surface area contributed by atoms with E-state index in [4.69, 9.17) is 10.5 Å². The number of hydrogen-bond acceptors (Lipinski definition) is 5. The van der Waals surface area contributed by atoms with Crippen molar-refractivity contribution in [2.75, 3.05) is 12.3 Å². The van der Waals surface area contributed by atoms with Gasteiger partial charge < -0.3 is 10.5 Å². The first kappa shape index (κ1) is 14.2. The molecule has 1 aliphatic carbocycles. The van der Waals surface area contributed by atoms with Gasteiger partial charge in [0.1, 0.15) is 11.4 Å². The van der Waals surface area contributed by atoms with E-state index in [-0.39, 0.29) is 11.5 Å². The quantitative estimate of drug-likeness (QED) is 0.908. The summed E-state index contributed by atoms with van der Waals surface area (Å²) in [5.41, 5.74) is 5.74. The average Bonchev–Trinajstić information content (AvgIpc) is 2.31. The molecule has 0 saturated heterocycles. The second-order valence-electron chi connectivity index (χ2n) is 6.16. The second kappa shape index (κ2) is 5.04. The van der Waals surface area contributed by atoms with Gasteiger partial charge in [-0.05, 0) is 44.9 Å². The van der Waals surface area contributed by atoms with Crippen LogP contribution < -0.4 is 5.73 Å². The van der Waals surface area contributed by atoms with E-state index < -0.39 is 0 Å². The Morgan fingerprint density at radius 2 is 1.74 bits per heavy atom. The van der Waals surface area contributed by atoms with Crippen LogP contribution >= 0.6 is 0 Å². The first-order valence-electron chi connectivity index (χ1n) is 6.99. The highest BCUT2D eigenvalue weighted by Crippen LogP contribution is 2.46. The van der Waals surface area contributed by atoms with Crippen molar-refractivity contribution in [1.82, 2.24) is 15.0 Å². The van der Waals surface area contributed by atoms with Gasteiger partial charge in [-0.2, -0.15) is 9.97 Å². The zero-order chi connectivity index (χ0) is 14.1. The molecule has 0 aromatic carbocycles. The molecule has 1 heterocycles. The minimum atomic E-state index is -0.383. The third-order valence-electron chi connectivity index (χ3n) is 4.00. The summed E-state index contributed by atoms with van der Waals surface area (Å²) in [6.45, 7) is 9.11. The molecule has 0 spiro atoms. The van der Waals surface area contributed by atoms with Crippen LogP contribution in [0.15, 0.2) is 0 Å². The van der Waals surface area contributed by atoms with Gasteiger partial charge in [0.15, 0.2) is 5.82 Å². The molecule has 0 atom stereocenters. The number of nitrogen functional groups attached to an aromatic ring is 1. The van der Waals surface area contributed by atoms with E-state index in [0.717, 1.165) is 25.7 Å². The number of aryl methyl sites for hydroxylation is 1. The number of nitrogens with two attached hydrogens (primary N) is 1. The fourth-order valence-electron chi connectivity index (χ4n) is 2.75. The Morgan fingerprint density at radius 3 is 2.26 bits per heavy atom. The molecule has 0 bridgehead atoms. The third-order valence-corrected chi connectivity index (χ3v) is 4.00. The minimum Gasteiger partial charge on any atom is -0.368 e. The zero-order valence-electron chi connectivity index (χ0n) is 12.4. The fraction of sp³-hybridized carbons (Fsp3) is 0.786. The lowest BCUT2D eigenvalue weighted by molar-refractivity contribution is -0.0949. The lowest BCUT2D eigenvalue weighted by atomic mass is 9.70. The molecule has 1 saturated carbocycles. The van der Waals surface area contributed by atoms with Gasteiger partial charge >= 0.3 is 0 Å². The van der Waals surface area contributed by atoms with Crippen molar-refractivity contribution < 1.29 is 4.74 Å². The number of aromatic nitrogens is 3. The monoisotopic (exact) mass is 264 g/mol. The Kier molecular flexibility index (Phi) is 3.76. The summed E-state index contributed by atoms with van der Waals surface area (Å²) in [5, 5.41) is 0. The Hall–Kier alpha value is -1.23. The van der Waals surface area contributed by atoms with E-state index in [1.807, 2.05) is 13.8 Å². The molecule has 2 rings (SSSR count). The number of rotatable bonds is 3. The van der Waals surface area contributed by atoms with Crippen molar-refractivity contribution >= 4 is 5.95 Å². The first-order chi connectivity index (χ1) is 8.87. The molecular weight excluding hydrogens is 240 g/mol. The zero-order valence-corrected chi connectivity index (χ0v) is 12.4. The van der Waals surface area contributed by atoms with Crippen LogP contribution in [-0.4, -0.2) is 21.6 Å². The van der Waals surface area contributed by atoms with Crippen LogP contribution in [0.5, 0.6) is 0 Å². The molecule has 0 unspecified atom stereocenters. The van der Waals surface area contributed by atoms with Crippen molar-refractivity contribution in [3.63, 3.8) is 0 Å². The van der Waals surface area contributed by atoms with Gasteiger partial charge in [0.25, 0.3) is 0 Å². The summed E-state index contributed by atoms with van der Waals surface area (Å²) in [6, 6.07) is 0. The van der Waals surface area contributed by atoms with Crippen LogP contribution in [0.2, 0.25) is 0 Å². The smallest absolute Gasteiger partial charge is 0.223 e. The Bertz CT molecular complexity index is 429. The van der Waals surface area contributed by atoms with Crippen molar-refractivity contribution in [2.45, 2.75) is 59.0 Å². The van der Waals surface area contributed by atoms with Crippen LogP contribution in [0, 0.1) is 12.3 Å². The molecule has 1 aliphatic rings. The Labute approximate surface area is 115 Å². The molecule has 1 aromatic rings. The minimum absolute atomic E-state index is 0.284. The molecule has 5 heteroatoms. The first-order valence-corrected chi connectivity index (χ1v) is 6.99. The van der Waals surface area contributed by atoms with Gasteiger partial charge in [0.05, 0.1) is 0 Å². The van der Waals surface area contributed by atoms with E-state index in [1.54, 1.807) is 0 Å². The second-order valence-corrected chi connectivity index (χ2v) is 6.16. The Balaban J connectivity index is 2.34. The van der Waals surface area contributed by atoms with Gasteiger partial charge in [0.2, 0.25) is 5.95 Å². The van der Waals surface area contributed by atoms with E-state index >= 15 is 0 Å². The number of nitrogens with zero attached hydrogens (tertiary/aromatic N) is 3. The lowest BCUT2D eigenvalue weighted by Gasteiger charge is -2.42. The van der Waals surface area contributed by atoms with Crippen LogP contribution in [0.25, 0.3) is 0 Å². The normalized spacial score (nSPS) is 21.3. The molecular formula is C14H24N4O. The van der Waals surface area contributed by atoms with Crippen LogP contribution in [0.4, 0.5) is 5.95 Å². The largest absolute Gasteiger partial charge is 0.368 e. The molecule has 106 valence electrons. The topological polar surface area (TPSA) is 73.9 Å². The third kappa shape index (κ3) is 3.03. The Morgan fingerprint density at radius 1 is 1.11 bits per heavy atom. The van der Waals surface area contributed by atoms with Crippen molar-refractivity contribution in [2.24, 2.45) is 5.41 Å². The SMILES string of the molecule is CCOC1(c2nc(C)nc(N)n2)CCC(C)(C)CC1. The standard InChI is InChI=1S/C14H24N4O/c1-5-19-14(8-6-13(3,4)7-9-14)11-16-10(2)17-12(15)18-11/h5-9H2,1-4H3,(H2,15,16,17,18). The fourth-order valence-corrected chi connectivity index (χ4v) is 2.75. The highest BCUT2D eigenvalue weighted by atomic mass is 16.5. The lowest BCUT2D eigenvalue weighted by Crippen LogP contribution is -2.39. The highest BCUT2D eigenvalue weighted by molar-refractivity contribution is 5.19. The summed E-state index contributed by atoms with van der Waals surface area (Å²) >= 11 is 0. The molecule has 0 aliphatic heterocycles. The predicted octanol–water partition coefficient (Wildman–Crippen LogP) is 2.59. The van der Waals surface area contributed by atoms with Gasteiger partial charge in [-0.25, -0.2) is 4.98 Å². The van der Waals surface area contributed by atoms with Gasteiger partial charge in [-0.1, -0.05) is 13.8 Å². The average molecular weight is 264 g/mol. The molecule has 5 nitrogen and oxygen atoms in total. The van der Waals surface area contributed by atoms with Crippen molar-refractivity contribution in [1.29, 1.82) is 0 Å². The van der Waals surface area contributed by atoms with E-state index in [1.165, 1.54) is 0 Å². The van der Waals surface area contributed by atoms with Crippen molar-refractivity contribution in [3.8, 4) is 0 Å². The van der Waals surface area contributed by atoms with Crippen LogP contribution in [0.3, 0.4) is 0 Å². The summed E-state index contributed by atoms with van der Waals surface area (Å²) in [7, 11) is 0. The van der Waals surface area contributed by atoms with Gasteiger partial charge in [0, 0.05) is 6.61 Å². The molecule has 19 heavy (non-hydrogen) atoms. The summed E-state index contributed by atoms with van der Waals surface area (Å²) in [5.74, 6) is 1.65. The van der Waals surface area contributed by atoms with Crippen LogP contribution in [0.1, 0.15) is 58.1 Å². The van der Waals surface area contributed by atoms with Crippen molar-refractivity contribution in [3.05, 3.63) is 11.6 Å². The van der Waals surface area contributed by atoms with Gasteiger partial charge in [-0.3, -0.25) is 0 Å². The molecule has 1 fully saturated rings.